The smallest absolute Gasteiger partial charge is 0.303 e. The molecule has 1 N–H and O–H groups in total. The summed E-state index contributed by atoms with van der Waals surface area (Å²) in [6.07, 6.45) is 2.92. The highest BCUT2D eigenvalue weighted by Gasteiger charge is 2.29. The maximum absolute atomic E-state index is 11.7. The standard InChI is InChI=1S/C15H25NO4/c1-15(2,3)11(7-8-14(19)20)9-10-16-12(17)5-4-6-13(16)18/h11H,4-10H2,1-3H3,(H,19,20). The Hall–Kier alpha value is -1.39. The molecule has 1 heterocycles. The Morgan fingerprint density at radius 2 is 1.75 bits per heavy atom. The second-order valence-electron chi connectivity index (χ2n) is 6.58. The van der Waals surface area contributed by atoms with Crippen LogP contribution in [0.5, 0.6) is 0 Å². The van der Waals surface area contributed by atoms with Crippen molar-refractivity contribution in [2.75, 3.05) is 6.54 Å². The van der Waals surface area contributed by atoms with Crippen molar-refractivity contribution in [2.24, 2.45) is 11.3 Å². The van der Waals surface area contributed by atoms with Crippen LogP contribution in [0, 0.1) is 11.3 Å². The molecule has 0 aromatic carbocycles. The fourth-order valence-corrected chi connectivity index (χ4v) is 2.64. The van der Waals surface area contributed by atoms with Crippen LogP contribution in [0.3, 0.4) is 0 Å². The molecule has 114 valence electrons. The Labute approximate surface area is 120 Å². The highest BCUT2D eigenvalue weighted by atomic mass is 16.4. The Balaban J connectivity index is 2.59. The number of rotatable bonds is 6. The maximum atomic E-state index is 11.7. The summed E-state index contributed by atoms with van der Waals surface area (Å²) >= 11 is 0. The molecule has 1 saturated heterocycles. The summed E-state index contributed by atoms with van der Waals surface area (Å²) in [7, 11) is 0. The molecule has 0 radical (unpaired) electrons. The highest BCUT2D eigenvalue weighted by Crippen LogP contribution is 2.33. The van der Waals surface area contributed by atoms with Crippen molar-refractivity contribution in [3.05, 3.63) is 0 Å². The van der Waals surface area contributed by atoms with Crippen molar-refractivity contribution in [2.45, 2.75) is 59.3 Å². The van der Waals surface area contributed by atoms with Gasteiger partial charge in [0.25, 0.3) is 0 Å². The van der Waals surface area contributed by atoms with Crippen molar-refractivity contribution in [1.29, 1.82) is 0 Å². The molecule has 0 aliphatic carbocycles. The molecule has 2 amide bonds. The molecule has 1 fully saturated rings. The van der Waals surface area contributed by atoms with Gasteiger partial charge in [0.15, 0.2) is 0 Å². The molecular formula is C15H25NO4. The van der Waals surface area contributed by atoms with Gasteiger partial charge >= 0.3 is 5.97 Å². The summed E-state index contributed by atoms with van der Waals surface area (Å²) in [5.41, 5.74) is -0.0304. The molecular weight excluding hydrogens is 258 g/mol. The first-order chi connectivity index (χ1) is 9.21. The van der Waals surface area contributed by atoms with Gasteiger partial charge in [-0.15, -0.1) is 0 Å². The van der Waals surface area contributed by atoms with E-state index in [2.05, 4.69) is 20.8 Å². The fraction of sp³-hybridized carbons (Fsp3) is 0.800. The zero-order valence-corrected chi connectivity index (χ0v) is 12.6. The molecule has 5 nitrogen and oxygen atoms in total. The van der Waals surface area contributed by atoms with Crippen LogP contribution in [0.4, 0.5) is 0 Å². The predicted octanol–water partition coefficient (Wildman–Crippen LogP) is 2.44. The maximum Gasteiger partial charge on any atom is 0.303 e. The fourth-order valence-electron chi connectivity index (χ4n) is 2.64. The largest absolute Gasteiger partial charge is 0.481 e. The van der Waals surface area contributed by atoms with Gasteiger partial charge in [-0.25, -0.2) is 0 Å². The Bertz CT molecular complexity index is 368. The molecule has 1 rings (SSSR count). The number of carboxylic acid groups (broad SMARTS) is 1. The zero-order valence-electron chi connectivity index (χ0n) is 12.6. The molecule has 0 aromatic heterocycles. The average Bonchev–Trinajstić information content (AvgIpc) is 2.30. The number of nitrogens with zero attached hydrogens (tertiary/aromatic N) is 1. The van der Waals surface area contributed by atoms with Crippen molar-refractivity contribution >= 4 is 17.8 Å². The van der Waals surface area contributed by atoms with E-state index in [0.717, 1.165) is 0 Å². The van der Waals surface area contributed by atoms with Crippen LogP contribution in [0.2, 0.25) is 0 Å². The Kier molecular flexibility index (Phi) is 5.72. The van der Waals surface area contributed by atoms with Gasteiger partial charge in [0, 0.05) is 25.8 Å². The van der Waals surface area contributed by atoms with E-state index >= 15 is 0 Å². The van der Waals surface area contributed by atoms with Crippen LogP contribution >= 0.6 is 0 Å². The van der Waals surface area contributed by atoms with Crippen LogP contribution in [-0.2, 0) is 14.4 Å². The lowest BCUT2D eigenvalue weighted by atomic mass is 9.76. The van der Waals surface area contributed by atoms with Crippen molar-refractivity contribution in [3.63, 3.8) is 0 Å². The van der Waals surface area contributed by atoms with Crippen molar-refractivity contribution in [1.82, 2.24) is 4.90 Å². The van der Waals surface area contributed by atoms with Gasteiger partial charge in [0.05, 0.1) is 0 Å². The Morgan fingerprint density at radius 1 is 1.20 bits per heavy atom. The van der Waals surface area contributed by atoms with Crippen molar-refractivity contribution in [3.8, 4) is 0 Å². The van der Waals surface area contributed by atoms with E-state index in [-0.39, 0.29) is 29.6 Å². The normalized spacial score (nSPS) is 18.2. The zero-order chi connectivity index (χ0) is 15.3. The second kappa shape index (κ2) is 6.86. The predicted molar refractivity (Wildman–Crippen MR) is 75.0 cm³/mol. The quantitative estimate of drug-likeness (QED) is 0.760. The summed E-state index contributed by atoms with van der Waals surface area (Å²) in [5.74, 6) is -0.801. The average molecular weight is 283 g/mol. The van der Waals surface area contributed by atoms with E-state index in [4.69, 9.17) is 5.11 Å². The van der Waals surface area contributed by atoms with E-state index in [1.54, 1.807) is 0 Å². The summed E-state index contributed by atoms with van der Waals surface area (Å²) in [6.45, 7) is 6.62. The topological polar surface area (TPSA) is 74.7 Å². The third-order valence-corrected chi connectivity index (χ3v) is 4.02. The van der Waals surface area contributed by atoms with E-state index in [1.807, 2.05) is 0 Å². The molecule has 1 atom stereocenters. The molecule has 5 heteroatoms. The number of amides is 2. The molecule has 0 spiro atoms. The van der Waals surface area contributed by atoms with Crippen LogP contribution in [0.25, 0.3) is 0 Å². The van der Waals surface area contributed by atoms with Gasteiger partial charge in [-0.05, 0) is 30.6 Å². The number of hydrogen-bond acceptors (Lipinski definition) is 3. The van der Waals surface area contributed by atoms with E-state index in [1.165, 1.54) is 4.90 Å². The van der Waals surface area contributed by atoms with Gasteiger partial charge in [0.2, 0.25) is 11.8 Å². The number of carbonyl (C=O) groups excluding carboxylic acids is 2. The van der Waals surface area contributed by atoms with Crippen LogP contribution in [0.15, 0.2) is 0 Å². The van der Waals surface area contributed by atoms with Crippen LogP contribution in [-0.4, -0.2) is 34.3 Å². The number of hydrogen-bond donors (Lipinski definition) is 1. The molecule has 0 aromatic rings. The molecule has 1 aliphatic heterocycles. The van der Waals surface area contributed by atoms with E-state index in [0.29, 0.717) is 38.6 Å². The SMILES string of the molecule is CC(C)(C)C(CCC(=O)O)CCN1C(=O)CCCC1=O. The lowest BCUT2D eigenvalue weighted by molar-refractivity contribution is -0.148. The van der Waals surface area contributed by atoms with E-state index in [9.17, 15) is 14.4 Å². The van der Waals surface area contributed by atoms with Gasteiger partial charge in [-0.1, -0.05) is 20.8 Å². The highest BCUT2D eigenvalue weighted by molar-refractivity contribution is 5.97. The number of likely N-dealkylation sites (tertiary alicyclic amines) is 1. The number of imide groups is 1. The lowest BCUT2D eigenvalue weighted by Gasteiger charge is -2.33. The molecule has 0 saturated carbocycles. The lowest BCUT2D eigenvalue weighted by Crippen LogP contribution is -2.41. The van der Waals surface area contributed by atoms with Gasteiger partial charge in [0.1, 0.15) is 0 Å². The van der Waals surface area contributed by atoms with E-state index < -0.39 is 5.97 Å². The first kappa shape index (κ1) is 16.7. The second-order valence-corrected chi connectivity index (χ2v) is 6.58. The molecule has 0 bridgehead atoms. The number of aliphatic carboxylic acids is 1. The monoisotopic (exact) mass is 283 g/mol. The van der Waals surface area contributed by atoms with Gasteiger partial charge in [-0.3, -0.25) is 19.3 Å². The minimum atomic E-state index is -0.802. The first-order valence-electron chi connectivity index (χ1n) is 7.27. The third kappa shape index (κ3) is 4.94. The van der Waals surface area contributed by atoms with Gasteiger partial charge in [-0.2, -0.15) is 0 Å². The van der Waals surface area contributed by atoms with Crippen molar-refractivity contribution < 1.29 is 19.5 Å². The third-order valence-electron chi connectivity index (χ3n) is 4.02. The minimum absolute atomic E-state index is 0.0304. The van der Waals surface area contributed by atoms with Crippen LogP contribution in [0.1, 0.15) is 59.3 Å². The summed E-state index contributed by atoms with van der Waals surface area (Å²) in [5, 5.41) is 8.81. The molecule has 20 heavy (non-hydrogen) atoms. The first-order valence-corrected chi connectivity index (χ1v) is 7.27. The molecule has 1 aliphatic rings. The number of piperidine rings is 1. The molecule has 1 unspecified atom stereocenters. The van der Waals surface area contributed by atoms with Gasteiger partial charge < -0.3 is 5.11 Å². The minimum Gasteiger partial charge on any atom is -0.481 e. The summed E-state index contributed by atoms with van der Waals surface area (Å²) < 4.78 is 0. The number of carboxylic acids is 1. The summed E-state index contributed by atoms with van der Waals surface area (Å²) in [4.78, 5) is 35.6. The number of carbonyl (C=O) groups is 3. The van der Waals surface area contributed by atoms with Crippen LogP contribution < -0.4 is 0 Å². The summed E-state index contributed by atoms with van der Waals surface area (Å²) in [6, 6.07) is 0. The Morgan fingerprint density at radius 3 is 2.20 bits per heavy atom.